The van der Waals surface area contributed by atoms with Gasteiger partial charge in [0.25, 0.3) is 5.91 Å². The fraction of sp³-hybridized carbons (Fsp3) is 0.500. The van der Waals surface area contributed by atoms with Crippen molar-refractivity contribution < 1.29 is 9.53 Å². The van der Waals surface area contributed by atoms with E-state index in [1.807, 2.05) is 40.0 Å². The maximum absolute atomic E-state index is 13.0. The largest absolute Gasteiger partial charge is 0.366 e. The van der Waals surface area contributed by atoms with Gasteiger partial charge in [-0.15, -0.1) is 0 Å². The SMILES string of the molecule is CC(C)n1ccc(C(=O)N2C[C@@H](c3ccccc3)O[C@@H](C3CC3)C2)n1. The summed E-state index contributed by atoms with van der Waals surface area (Å²) in [6.07, 6.45) is 4.37. The molecule has 1 amide bonds. The van der Waals surface area contributed by atoms with Crippen LogP contribution in [0.5, 0.6) is 0 Å². The van der Waals surface area contributed by atoms with Crippen LogP contribution in [0.2, 0.25) is 0 Å². The second kappa shape index (κ2) is 6.64. The van der Waals surface area contributed by atoms with E-state index in [0.29, 0.717) is 24.7 Å². The minimum absolute atomic E-state index is 0.00859. The Morgan fingerprint density at radius 2 is 1.92 bits per heavy atom. The number of hydrogen-bond donors (Lipinski definition) is 0. The number of benzene rings is 1. The smallest absolute Gasteiger partial charge is 0.274 e. The van der Waals surface area contributed by atoms with Gasteiger partial charge in [0, 0.05) is 18.8 Å². The van der Waals surface area contributed by atoms with E-state index in [1.165, 1.54) is 12.8 Å². The first-order valence-electron chi connectivity index (χ1n) is 9.16. The lowest BCUT2D eigenvalue weighted by Crippen LogP contribution is -2.47. The van der Waals surface area contributed by atoms with Crippen LogP contribution in [-0.2, 0) is 4.74 Å². The zero-order chi connectivity index (χ0) is 17.4. The Hall–Kier alpha value is -2.14. The number of morpholine rings is 1. The number of amides is 1. The molecule has 0 unspecified atom stereocenters. The molecule has 2 aliphatic rings. The molecule has 1 aliphatic heterocycles. The third-order valence-corrected chi connectivity index (χ3v) is 5.09. The highest BCUT2D eigenvalue weighted by Crippen LogP contribution is 2.39. The van der Waals surface area contributed by atoms with Crippen LogP contribution in [0, 0.1) is 5.92 Å². The summed E-state index contributed by atoms with van der Waals surface area (Å²) in [6, 6.07) is 12.3. The molecule has 0 radical (unpaired) electrons. The number of hydrogen-bond acceptors (Lipinski definition) is 3. The summed E-state index contributed by atoms with van der Waals surface area (Å²) < 4.78 is 8.17. The fourth-order valence-electron chi connectivity index (χ4n) is 3.44. The zero-order valence-corrected chi connectivity index (χ0v) is 14.8. The van der Waals surface area contributed by atoms with E-state index in [-0.39, 0.29) is 24.2 Å². The number of rotatable bonds is 4. The topological polar surface area (TPSA) is 47.4 Å². The Balaban J connectivity index is 1.55. The summed E-state index contributed by atoms with van der Waals surface area (Å²) in [5.41, 5.74) is 1.66. The van der Waals surface area contributed by atoms with E-state index in [9.17, 15) is 4.79 Å². The Morgan fingerprint density at radius 3 is 2.56 bits per heavy atom. The number of ether oxygens (including phenoxy) is 1. The van der Waals surface area contributed by atoms with Crippen LogP contribution in [0.25, 0.3) is 0 Å². The van der Waals surface area contributed by atoms with Crippen molar-refractivity contribution in [1.82, 2.24) is 14.7 Å². The lowest BCUT2D eigenvalue weighted by atomic mass is 10.0. The zero-order valence-electron chi connectivity index (χ0n) is 14.8. The van der Waals surface area contributed by atoms with Gasteiger partial charge in [-0.1, -0.05) is 30.3 Å². The third-order valence-electron chi connectivity index (χ3n) is 5.09. The van der Waals surface area contributed by atoms with E-state index >= 15 is 0 Å². The molecule has 1 aromatic heterocycles. The molecule has 0 N–H and O–H groups in total. The molecule has 1 aliphatic carbocycles. The number of aromatic nitrogens is 2. The molecule has 1 saturated heterocycles. The van der Waals surface area contributed by atoms with Gasteiger partial charge in [0.1, 0.15) is 11.8 Å². The number of carbonyl (C=O) groups excluding carboxylic acids is 1. The van der Waals surface area contributed by atoms with E-state index in [1.54, 1.807) is 0 Å². The molecular weight excluding hydrogens is 314 g/mol. The van der Waals surface area contributed by atoms with E-state index in [4.69, 9.17) is 4.74 Å². The van der Waals surface area contributed by atoms with Crippen LogP contribution in [0.3, 0.4) is 0 Å². The average Bonchev–Trinajstić information content (AvgIpc) is 3.37. The van der Waals surface area contributed by atoms with E-state index in [0.717, 1.165) is 5.56 Å². The van der Waals surface area contributed by atoms with Crippen LogP contribution in [0.1, 0.15) is 54.9 Å². The van der Waals surface area contributed by atoms with Crippen LogP contribution in [-0.4, -0.2) is 39.8 Å². The molecule has 2 fully saturated rings. The highest BCUT2D eigenvalue weighted by atomic mass is 16.5. The summed E-state index contributed by atoms with van der Waals surface area (Å²) in [4.78, 5) is 14.9. The van der Waals surface area contributed by atoms with Gasteiger partial charge in [-0.2, -0.15) is 5.10 Å². The lowest BCUT2D eigenvalue weighted by molar-refractivity contribution is -0.0865. The van der Waals surface area contributed by atoms with Crippen molar-refractivity contribution >= 4 is 5.91 Å². The minimum atomic E-state index is -0.0586. The van der Waals surface area contributed by atoms with Gasteiger partial charge in [-0.3, -0.25) is 9.48 Å². The van der Waals surface area contributed by atoms with Crippen molar-refractivity contribution in [2.75, 3.05) is 13.1 Å². The minimum Gasteiger partial charge on any atom is -0.366 e. The van der Waals surface area contributed by atoms with Crippen LogP contribution >= 0.6 is 0 Å². The molecule has 2 aromatic rings. The van der Waals surface area contributed by atoms with Crippen molar-refractivity contribution in [3.63, 3.8) is 0 Å². The predicted octanol–water partition coefficient (Wildman–Crippen LogP) is 3.46. The fourth-order valence-corrected chi connectivity index (χ4v) is 3.44. The molecule has 0 spiro atoms. The monoisotopic (exact) mass is 339 g/mol. The van der Waals surface area contributed by atoms with Gasteiger partial charge in [-0.05, 0) is 44.2 Å². The van der Waals surface area contributed by atoms with Crippen LogP contribution < -0.4 is 0 Å². The molecule has 2 heterocycles. The Bertz CT molecular complexity index is 736. The van der Waals surface area contributed by atoms with Gasteiger partial charge >= 0.3 is 0 Å². The summed E-state index contributed by atoms with van der Waals surface area (Å²) >= 11 is 0. The van der Waals surface area contributed by atoms with Crippen LogP contribution in [0.15, 0.2) is 42.6 Å². The Morgan fingerprint density at radius 1 is 1.16 bits per heavy atom. The first-order chi connectivity index (χ1) is 12.1. The second-order valence-corrected chi connectivity index (χ2v) is 7.40. The highest BCUT2D eigenvalue weighted by molar-refractivity contribution is 5.92. The van der Waals surface area contributed by atoms with Gasteiger partial charge in [0.2, 0.25) is 0 Å². The van der Waals surface area contributed by atoms with E-state index < -0.39 is 0 Å². The van der Waals surface area contributed by atoms with Gasteiger partial charge in [0.05, 0.1) is 12.6 Å². The maximum atomic E-state index is 13.0. The molecule has 132 valence electrons. The molecule has 5 heteroatoms. The third kappa shape index (κ3) is 3.47. The first-order valence-corrected chi connectivity index (χ1v) is 9.16. The Kier molecular flexibility index (Phi) is 4.34. The number of carbonyl (C=O) groups is 1. The van der Waals surface area contributed by atoms with Gasteiger partial charge in [-0.25, -0.2) is 0 Å². The molecule has 1 aromatic carbocycles. The Labute approximate surface area is 148 Å². The summed E-state index contributed by atoms with van der Waals surface area (Å²) in [5.74, 6) is 0.601. The lowest BCUT2D eigenvalue weighted by Gasteiger charge is -2.38. The molecule has 0 bridgehead atoms. The summed E-state index contributed by atoms with van der Waals surface area (Å²) in [6.45, 7) is 5.37. The normalized spacial score (nSPS) is 23.9. The van der Waals surface area contributed by atoms with Crippen molar-refractivity contribution in [1.29, 1.82) is 0 Å². The average molecular weight is 339 g/mol. The maximum Gasteiger partial charge on any atom is 0.274 e. The van der Waals surface area contributed by atoms with Gasteiger partial charge in [0.15, 0.2) is 0 Å². The number of nitrogens with zero attached hydrogens (tertiary/aromatic N) is 3. The molecule has 1 saturated carbocycles. The predicted molar refractivity (Wildman–Crippen MR) is 95.3 cm³/mol. The van der Waals surface area contributed by atoms with Crippen molar-refractivity contribution in [2.45, 2.75) is 44.9 Å². The summed E-state index contributed by atoms with van der Waals surface area (Å²) in [5, 5.41) is 4.45. The van der Waals surface area contributed by atoms with Crippen molar-refractivity contribution in [3.8, 4) is 0 Å². The van der Waals surface area contributed by atoms with Gasteiger partial charge < -0.3 is 9.64 Å². The quantitative estimate of drug-likeness (QED) is 0.857. The molecule has 5 nitrogen and oxygen atoms in total. The molecule has 25 heavy (non-hydrogen) atoms. The molecular formula is C20H25N3O2. The standard InChI is InChI=1S/C20H25N3O2/c1-14(2)23-11-10-17(21-23)20(24)22-12-18(15-6-4-3-5-7-15)25-19(13-22)16-8-9-16/h3-7,10-11,14,16,18-19H,8-9,12-13H2,1-2H3/t18-,19+/m0/s1. The van der Waals surface area contributed by atoms with E-state index in [2.05, 4.69) is 31.1 Å². The van der Waals surface area contributed by atoms with Crippen LogP contribution in [0.4, 0.5) is 0 Å². The summed E-state index contributed by atoms with van der Waals surface area (Å²) in [7, 11) is 0. The first kappa shape index (κ1) is 16.3. The highest BCUT2D eigenvalue weighted by Gasteiger charge is 2.40. The molecule has 2 atom stereocenters. The van der Waals surface area contributed by atoms with Crippen molar-refractivity contribution in [3.05, 3.63) is 53.9 Å². The second-order valence-electron chi connectivity index (χ2n) is 7.40. The van der Waals surface area contributed by atoms with Crippen molar-refractivity contribution in [2.24, 2.45) is 5.92 Å². The molecule has 4 rings (SSSR count).